The van der Waals surface area contributed by atoms with Crippen LogP contribution in [-0.2, 0) is 6.54 Å². The first-order chi connectivity index (χ1) is 9.65. The Labute approximate surface area is 122 Å². The summed E-state index contributed by atoms with van der Waals surface area (Å²) in [4.78, 5) is 11.8. The van der Waals surface area contributed by atoms with Crippen LogP contribution in [0, 0.1) is 0 Å². The van der Waals surface area contributed by atoms with Gasteiger partial charge in [-0.25, -0.2) is 4.68 Å². The van der Waals surface area contributed by atoms with Crippen LogP contribution in [-0.4, -0.2) is 14.9 Å². The molecule has 0 amide bonds. The molecule has 0 saturated heterocycles. The highest BCUT2D eigenvalue weighted by atomic mass is 35.5. The van der Waals surface area contributed by atoms with Gasteiger partial charge in [0, 0.05) is 6.07 Å². The van der Waals surface area contributed by atoms with Gasteiger partial charge in [0.25, 0.3) is 5.56 Å². The fourth-order valence-corrected chi connectivity index (χ4v) is 1.90. The molecule has 3 rings (SSSR count). The molecule has 0 aliphatic carbocycles. The lowest BCUT2D eigenvalue weighted by atomic mass is 10.3. The lowest BCUT2D eigenvalue weighted by molar-refractivity contribution is 0.406. The molecule has 8 heteroatoms. The van der Waals surface area contributed by atoms with Crippen molar-refractivity contribution in [2.75, 3.05) is 0 Å². The molecule has 0 bridgehead atoms. The van der Waals surface area contributed by atoms with Crippen molar-refractivity contribution in [1.82, 2.24) is 14.9 Å². The zero-order valence-corrected chi connectivity index (χ0v) is 11.4. The van der Waals surface area contributed by atoms with E-state index in [4.69, 9.17) is 32.1 Å². The SMILES string of the molecule is O=c1c(Cl)c(Cl)cnn1Cc1cc(-c2ccco2)on1. The molecule has 0 aromatic carbocycles. The minimum absolute atomic E-state index is 0.0728. The number of hydrogen-bond acceptors (Lipinski definition) is 5. The Morgan fingerprint density at radius 3 is 2.90 bits per heavy atom. The van der Waals surface area contributed by atoms with Crippen LogP contribution in [0.5, 0.6) is 0 Å². The third-order valence-corrected chi connectivity index (χ3v) is 3.33. The van der Waals surface area contributed by atoms with Crippen molar-refractivity contribution in [2.45, 2.75) is 6.54 Å². The summed E-state index contributed by atoms with van der Waals surface area (Å²) in [5, 5.41) is 7.78. The molecular formula is C12H7Cl2N3O3. The molecular weight excluding hydrogens is 305 g/mol. The summed E-state index contributed by atoms with van der Waals surface area (Å²) in [6.07, 6.45) is 2.83. The molecule has 0 spiro atoms. The first-order valence-electron chi connectivity index (χ1n) is 5.56. The van der Waals surface area contributed by atoms with E-state index >= 15 is 0 Å². The van der Waals surface area contributed by atoms with Crippen molar-refractivity contribution in [2.24, 2.45) is 0 Å². The molecule has 0 aliphatic heterocycles. The van der Waals surface area contributed by atoms with Gasteiger partial charge in [0.05, 0.1) is 24.0 Å². The predicted octanol–water partition coefficient (Wildman–Crippen LogP) is 2.85. The van der Waals surface area contributed by atoms with E-state index in [9.17, 15) is 4.79 Å². The monoisotopic (exact) mass is 311 g/mol. The molecule has 0 N–H and O–H groups in total. The lowest BCUT2D eigenvalue weighted by Crippen LogP contribution is -2.23. The van der Waals surface area contributed by atoms with Crippen molar-refractivity contribution >= 4 is 23.2 Å². The average Bonchev–Trinajstić information content (AvgIpc) is 3.10. The van der Waals surface area contributed by atoms with Gasteiger partial charge in [0.1, 0.15) is 10.7 Å². The minimum Gasteiger partial charge on any atom is -0.461 e. The summed E-state index contributed by atoms with van der Waals surface area (Å²) < 4.78 is 11.5. The van der Waals surface area contributed by atoms with Crippen molar-refractivity contribution in [3.63, 3.8) is 0 Å². The van der Waals surface area contributed by atoms with E-state index in [-0.39, 0.29) is 16.6 Å². The maximum atomic E-state index is 11.8. The molecule has 0 unspecified atom stereocenters. The van der Waals surface area contributed by atoms with Crippen LogP contribution in [0.2, 0.25) is 10.0 Å². The standard InChI is InChI=1S/C12H7Cl2N3O3/c13-8-5-15-17(12(18)11(8)14)6-7-4-10(20-16-7)9-2-1-3-19-9/h1-5H,6H2. The van der Waals surface area contributed by atoms with E-state index in [0.717, 1.165) is 4.68 Å². The zero-order chi connectivity index (χ0) is 14.1. The van der Waals surface area contributed by atoms with E-state index in [2.05, 4.69) is 10.3 Å². The van der Waals surface area contributed by atoms with Crippen molar-refractivity contribution in [1.29, 1.82) is 0 Å². The molecule has 0 aliphatic rings. The molecule has 102 valence electrons. The maximum absolute atomic E-state index is 11.8. The van der Waals surface area contributed by atoms with Gasteiger partial charge in [-0.2, -0.15) is 5.10 Å². The van der Waals surface area contributed by atoms with Crippen LogP contribution >= 0.6 is 23.2 Å². The first-order valence-corrected chi connectivity index (χ1v) is 6.31. The lowest BCUT2D eigenvalue weighted by Gasteiger charge is -2.02. The van der Waals surface area contributed by atoms with Gasteiger partial charge < -0.3 is 8.94 Å². The van der Waals surface area contributed by atoms with E-state index in [1.54, 1.807) is 18.2 Å². The number of hydrogen-bond donors (Lipinski definition) is 0. The Balaban J connectivity index is 1.89. The summed E-state index contributed by atoms with van der Waals surface area (Å²) in [6, 6.07) is 5.14. The van der Waals surface area contributed by atoms with Crippen LogP contribution in [0.25, 0.3) is 11.5 Å². The summed E-state index contributed by atoms with van der Waals surface area (Å²) >= 11 is 11.5. The van der Waals surface area contributed by atoms with Gasteiger partial charge in [0.2, 0.25) is 5.76 Å². The number of rotatable bonds is 3. The first kappa shape index (κ1) is 13.0. The Morgan fingerprint density at radius 1 is 1.30 bits per heavy atom. The average molecular weight is 312 g/mol. The van der Waals surface area contributed by atoms with Crippen LogP contribution in [0.1, 0.15) is 5.69 Å². The van der Waals surface area contributed by atoms with Gasteiger partial charge in [-0.15, -0.1) is 0 Å². The Hall–Kier alpha value is -2.05. The minimum atomic E-state index is -0.485. The molecule has 3 aromatic rings. The second-order valence-electron chi connectivity index (χ2n) is 3.93. The Kier molecular flexibility index (Phi) is 3.33. The molecule has 3 aromatic heterocycles. The van der Waals surface area contributed by atoms with Crippen molar-refractivity contribution in [3.8, 4) is 11.5 Å². The van der Waals surface area contributed by atoms with Crippen LogP contribution in [0.15, 0.2) is 44.4 Å². The van der Waals surface area contributed by atoms with Gasteiger partial charge in [-0.1, -0.05) is 28.4 Å². The summed E-state index contributed by atoms with van der Waals surface area (Å²) in [7, 11) is 0. The Morgan fingerprint density at radius 2 is 2.15 bits per heavy atom. The molecule has 3 heterocycles. The van der Waals surface area contributed by atoms with Crippen molar-refractivity contribution < 1.29 is 8.94 Å². The van der Waals surface area contributed by atoms with Gasteiger partial charge in [-0.05, 0) is 12.1 Å². The van der Waals surface area contributed by atoms with E-state index in [1.807, 2.05) is 0 Å². The van der Waals surface area contributed by atoms with E-state index in [0.29, 0.717) is 17.2 Å². The molecule has 6 nitrogen and oxygen atoms in total. The normalized spacial score (nSPS) is 10.9. The number of nitrogens with zero attached hydrogens (tertiary/aromatic N) is 3. The van der Waals surface area contributed by atoms with Crippen LogP contribution in [0.3, 0.4) is 0 Å². The number of furan rings is 1. The molecule has 0 fully saturated rings. The van der Waals surface area contributed by atoms with Crippen LogP contribution < -0.4 is 5.56 Å². The molecule has 0 radical (unpaired) electrons. The number of aromatic nitrogens is 3. The highest BCUT2D eigenvalue weighted by Crippen LogP contribution is 2.21. The fourth-order valence-electron chi connectivity index (χ4n) is 1.63. The topological polar surface area (TPSA) is 74.1 Å². The third kappa shape index (κ3) is 2.35. The van der Waals surface area contributed by atoms with E-state index in [1.165, 1.54) is 12.5 Å². The number of halogens is 2. The maximum Gasteiger partial charge on any atom is 0.287 e. The second-order valence-corrected chi connectivity index (χ2v) is 4.71. The van der Waals surface area contributed by atoms with Gasteiger partial charge >= 0.3 is 0 Å². The van der Waals surface area contributed by atoms with Gasteiger partial charge in [-0.3, -0.25) is 4.79 Å². The largest absolute Gasteiger partial charge is 0.461 e. The highest BCUT2D eigenvalue weighted by molar-refractivity contribution is 6.41. The Bertz CT molecular complexity index is 793. The highest BCUT2D eigenvalue weighted by Gasteiger charge is 2.12. The molecule has 0 atom stereocenters. The van der Waals surface area contributed by atoms with Crippen molar-refractivity contribution in [3.05, 3.63) is 56.8 Å². The summed E-state index contributed by atoms with van der Waals surface area (Å²) in [6.45, 7) is 0.125. The summed E-state index contributed by atoms with van der Waals surface area (Å²) in [5.41, 5.74) is 0.0334. The van der Waals surface area contributed by atoms with E-state index < -0.39 is 5.56 Å². The molecule has 20 heavy (non-hydrogen) atoms. The third-order valence-electron chi connectivity index (χ3n) is 2.58. The quantitative estimate of drug-likeness (QED) is 0.743. The predicted molar refractivity (Wildman–Crippen MR) is 71.8 cm³/mol. The van der Waals surface area contributed by atoms with Crippen LogP contribution in [0.4, 0.5) is 0 Å². The van der Waals surface area contributed by atoms with Gasteiger partial charge in [0.15, 0.2) is 5.76 Å². The molecule has 0 saturated carbocycles. The zero-order valence-electron chi connectivity index (χ0n) is 9.92. The summed E-state index contributed by atoms with van der Waals surface area (Å²) in [5.74, 6) is 1.02. The fraction of sp³-hybridized carbons (Fsp3) is 0.0833. The second kappa shape index (κ2) is 5.15. The smallest absolute Gasteiger partial charge is 0.287 e.